The van der Waals surface area contributed by atoms with Gasteiger partial charge in [-0.3, -0.25) is 0 Å². The van der Waals surface area contributed by atoms with Gasteiger partial charge in [-0.2, -0.15) is 0 Å². The van der Waals surface area contributed by atoms with Crippen LogP contribution in [0, 0.1) is 13.8 Å². The standard InChI is InChI=1S/C14H23N/c1-10(2)15-13(5)9-14-7-11(3)6-12(4)8-14/h6-8,10,13,15H,9H2,1-5H3. The molecule has 0 aliphatic rings. The summed E-state index contributed by atoms with van der Waals surface area (Å²) in [5, 5.41) is 3.53. The van der Waals surface area contributed by atoms with E-state index in [4.69, 9.17) is 0 Å². The lowest BCUT2D eigenvalue weighted by Gasteiger charge is -2.17. The molecule has 0 fully saturated rings. The molecule has 0 saturated carbocycles. The van der Waals surface area contributed by atoms with Crippen LogP contribution < -0.4 is 5.32 Å². The topological polar surface area (TPSA) is 12.0 Å². The smallest absolute Gasteiger partial charge is 0.00815 e. The van der Waals surface area contributed by atoms with Crippen LogP contribution in [0.4, 0.5) is 0 Å². The zero-order chi connectivity index (χ0) is 11.4. The van der Waals surface area contributed by atoms with Gasteiger partial charge < -0.3 is 5.32 Å². The van der Waals surface area contributed by atoms with Crippen molar-refractivity contribution in [3.63, 3.8) is 0 Å². The summed E-state index contributed by atoms with van der Waals surface area (Å²) in [6, 6.07) is 7.90. The largest absolute Gasteiger partial charge is 0.312 e. The van der Waals surface area contributed by atoms with E-state index in [1.807, 2.05) is 0 Å². The van der Waals surface area contributed by atoms with E-state index in [2.05, 4.69) is 58.1 Å². The van der Waals surface area contributed by atoms with Crippen LogP contribution in [-0.2, 0) is 6.42 Å². The first-order valence-electron chi connectivity index (χ1n) is 5.80. The van der Waals surface area contributed by atoms with Crippen molar-refractivity contribution in [1.29, 1.82) is 0 Å². The summed E-state index contributed by atoms with van der Waals surface area (Å²) in [6.07, 6.45) is 1.11. The molecule has 0 amide bonds. The number of benzene rings is 1. The second kappa shape index (κ2) is 5.32. The molecule has 0 saturated heterocycles. The van der Waals surface area contributed by atoms with E-state index in [1.165, 1.54) is 16.7 Å². The van der Waals surface area contributed by atoms with Gasteiger partial charge in [0.2, 0.25) is 0 Å². The zero-order valence-electron chi connectivity index (χ0n) is 10.6. The predicted octanol–water partition coefficient (Wildman–Crippen LogP) is 3.23. The molecular weight excluding hydrogens is 182 g/mol. The van der Waals surface area contributed by atoms with Gasteiger partial charge in [0, 0.05) is 12.1 Å². The molecule has 84 valence electrons. The van der Waals surface area contributed by atoms with Crippen molar-refractivity contribution in [3.05, 3.63) is 34.9 Å². The average Bonchev–Trinajstić information content (AvgIpc) is 1.98. The lowest BCUT2D eigenvalue weighted by atomic mass is 10.0. The van der Waals surface area contributed by atoms with Crippen molar-refractivity contribution in [1.82, 2.24) is 5.32 Å². The van der Waals surface area contributed by atoms with Crippen LogP contribution in [0.15, 0.2) is 18.2 Å². The zero-order valence-corrected chi connectivity index (χ0v) is 10.6. The summed E-state index contributed by atoms with van der Waals surface area (Å²) in [5.41, 5.74) is 4.16. The fourth-order valence-corrected chi connectivity index (χ4v) is 2.17. The normalized spacial score (nSPS) is 13.2. The van der Waals surface area contributed by atoms with Gasteiger partial charge in [0.1, 0.15) is 0 Å². The summed E-state index contributed by atoms with van der Waals surface area (Å²) < 4.78 is 0. The van der Waals surface area contributed by atoms with E-state index in [9.17, 15) is 0 Å². The van der Waals surface area contributed by atoms with Gasteiger partial charge in [-0.05, 0) is 32.8 Å². The predicted molar refractivity (Wildman–Crippen MR) is 67.4 cm³/mol. The van der Waals surface area contributed by atoms with Crippen molar-refractivity contribution in [2.45, 2.75) is 53.1 Å². The first kappa shape index (κ1) is 12.3. The van der Waals surface area contributed by atoms with Crippen LogP contribution in [0.25, 0.3) is 0 Å². The van der Waals surface area contributed by atoms with E-state index in [0.717, 1.165) is 6.42 Å². The Morgan fingerprint density at radius 3 is 2.00 bits per heavy atom. The van der Waals surface area contributed by atoms with E-state index in [0.29, 0.717) is 12.1 Å². The SMILES string of the molecule is Cc1cc(C)cc(CC(C)NC(C)C)c1. The molecule has 0 spiro atoms. The maximum atomic E-state index is 3.53. The van der Waals surface area contributed by atoms with Gasteiger partial charge in [-0.1, -0.05) is 43.2 Å². The van der Waals surface area contributed by atoms with Crippen LogP contribution in [0.5, 0.6) is 0 Å². The Morgan fingerprint density at radius 2 is 1.53 bits per heavy atom. The molecule has 1 aromatic rings. The highest BCUT2D eigenvalue weighted by Gasteiger charge is 2.05. The van der Waals surface area contributed by atoms with Crippen LogP contribution in [0.2, 0.25) is 0 Å². The summed E-state index contributed by atoms with van der Waals surface area (Å²) in [6.45, 7) is 11.0. The molecule has 1 aromatic carbocycles. The molecule has 1 rings (SSSR count). The van der Waals surface area contributed by atoms with Crippen molar-refractivity contribution in [2.24, 2.45) is 0 Å². The van der Waals surface area contributed by atoms with Gasteiger partial charge in [0.15, 0.2) is 0 Å². The van der Waals surface area contributed by atoms with Gasteiger partial charge in [0.25, 0.3) is 0 Å². The maximum Gasteiger partial charge on any atom is 0.00815 e. The number of aryl methyl sites for hydroxylation is 2. The highest BCUT2D eigenvalue weighted by atomic mass is 14.9. The first-order valence-corrected chi connectivity index (χ1v) is 5.80. The first-order chi connectivity index (χ1) is 6.97. The second-order valence-corrected chi connectivity index (χ2v) is 4.92. The van der Waals surface area contributed by atoms with Gasteiger partial charge in [0.05, 0.1) is 0 Å². The Labute approximate surface area is 93.9 Å². The third-order valence-corrected chi connectivity index (χ3v) is 2.44. The number of hydrogen-bond acceptors (Lipinski definition) is 1. The molecular formula is C14H23N. The van der Waals surface area contributed by atoms with Crippen molar-refractivity contribution in [2.75, 3.05) is 0 Å². The van der Waals surface area contributed by atoms with E-state index < -0.39 is 0 Å². The molecule has 15 heavy (non-hydrogen) atoms. The minimum absolute atomic E-state index is 0.547. The number of rotatable bonds is 4. The lowest BCUT2D eigenvalue weighted by Crippen LogP contribution is -2.33. The molecule has 0 radical (unpaired) electrons. The lowest BCUT2D eigenvalue weighted by molar-refractivity contribution is 0.487. The summed E-state index contributed by atoms with van der Waals surface area (Å²) >= 11 is 0. The second-order valence-electron chi connectivity index (χ2n) is 4.92. The number of nitrogens with one attached hydrogen (secondary N) is 1. The fourth-order valence-electron chi connectivity index (χ4n) is 2.17. The Hall–Kier alpha value is -0.820. The Kier molecular flexibility index (Phi) is 4.34. The van der Waals surface area contributed by atoms with E-state index in [1.54, 1.807) is 0 Å². The van der Waals surface area contributed by atoms with Gasteiger partial charge in [-0.25, -0.2) is 0 Å². The molecule has 1 atom stereocenters. The minimum Gasteiger partial charge on any atom is -0.312 e. The molecule has 1 nitrogen and oxygen atoms in total. The molecule has 1 unspecified atom stereocenters. The monoisotopic (exact) mass is 205 g/mol. The van der Waals surface area contributed by atoms with Crippen molar-refractivity contribution in [3.8, 4) is 0 Å². The fraction of sp³-hybridized carbons (Fsp3) is 0.571. The summed E-state index contributed by atoms with van der Waals surface area (Å²) in [5.74, 6) is 0. The molecule has 0 aliphatic heterocycles. The Bertz CT molecular complexity index is 295. The number of hydrogen-bond donors (Lipinski definition) is 1. The van der Waals surface area contributed by atoms with Crippen LogP contribution in [-0.4, -0.2) is 12.1 Å². The Balaban J connectivity index is 2.63. The highest BCUT2D eigenvalue weighted by molar-refractivity contribution is 5.29. The van der Waals surface area contributed by atoms with Gasteiger partial charge in [-0.15, -0.1) is 0 Å². The van der Waals surface area contributed by atoms with E-state index >= 15 is 0 Å². The molecule has 0 bridgehead atoms. The summed E-state index contributed by atoms with van der Waals surface area (Å²) in [4.78, 5) is 0. The molecule has 1 heteroatoms. The quantitative estimate of drug-likeness (QED) is 0.795. The highest BCUT2D eigenvalue weighted by Crippen LogP contribution is 2.11. The third kappa shape index (κ3) is 4.48. The van der Waals surface area contributed by atoms with Crippen LogP contribution in [0.3, 0.4) is 0 Å². The van der Waals surface area contributed by atoms with Crippen LogP contribution in [0.1, 0.15) is 37.5 Å². The van der Waals surface area contributed by atoms with Crippen LogP contribution >= 0.6 is 0 Å². The average molecular weight is 205 g/mol. The molecule has 0 aliphatic carbocycles. The Morgan fingerprint density at radius 1 is 1.00 bits per heavy atom. The van der Waals surface area contributed by atoms with E-state index in [-0.39, 0.29) is 0 Å². The van der Waals surface area contributed by atoms with Gasteiger partial charge >= 0.3 is 0 Å². The van der Waals surface area contributed by atoms with Crippen molar-refractivity contribution >= 4 is 0 Å². The van der Waals surface area contributed by atoms with Crippen molar-refractivity contribution < 1.29 is 0 Å². The molecule has 0 aromatic heterocycles. The summed E-state index contributed by atoms with van der Waals surface area (Å²) in [7, 11) is 0. The molecule has 0 heterocycles. The minimum atomic E-state index is 0.547. The maximum absolute atomic E-state index is 3.53. The molecule has 1 N–H and O–H groups in total. The third-order valence-electron chi connectivity index (χ3n) is 2.44.